The van der Waals surface area contributed by atoms with Crippen LogP contribution in [-0.2, 0) is 17.9 Å². The molecule has 3 rings (SSSR count). The Morgan fingerprint density at radius 2 is 2.03 bits per heavy atom. The standard InChI is InChI=1S/C19H17BrClFN4O2S/c1-2-26-17(10-28-14-6-3-12(20)4-7-14)24-25-19(26)29-11-18(27)23-13-5-8-16(22)15(21)9-13/h3-9H,2,10-11H2,1H3,(H,23,27). The first-order chi connectivity index (χ1) is 14.0. The van der Waals surface area contributed by atoms with Gasteiger partial charge in [-0.1, -0.05) is 39.3 Å². The Labute approximate surface area is 184 Å². The second-order valence-corrected chi connectivity index (χ2v) is 8.12. The molecule has 0 radical (unpaired) electrons. The molecule has 0 aliphatic carbocycles. The van der Waals surface area contributed by atoms with Crippen molar-refractivity contribution in [2.24, 2.45) is 0 Å². The zero-order chi connectivity index (χ0) is 20.8. The van der Waals surface area contributed by atoms with Gasteiger partial charge in [-0.15, -0.1) is 10.2 Å². The number of carbonyl (C=O) groups is 1. The van der Waals surface area contributed by atoms with Gasteiger partial charge < -0.3 is 14.6 Å². The average Bonchev–Trinajstić information content (AvgIpc) is 3.10. The Kier molecular flexibility index (Phi) is 7.51. The summed E-state index contributed by atoms with van der Waals surface area (Å²) in [6.07, 6.45) is 0. The minimum absolute atomic E-state index is 0.0448. The number of halogens is 3. The summed E-state index contributed by atoms with van der Waals surface area (Å²) in [6, 6.07) is 11.5. The largest absolute Gasteiger partial charge is 0.486 e. The van der Waals surface area contributed by atoms with Gasteiger partial charge in [0, 0.05) is 16.7 Å². The Morgan fingerprint density at radius 3 is 2.72 bits per heavy atom. The Hall–Kier alpha value is -2.10. The van der Waals surface area contributed by atoms with Crippen molar-refractivity contribution in [3.8, 4) is 5.75 Å². The van der Waals surface area contributed by atoms with Crippen LogP contribution in [0.15, 0.2) is 52.1 Å². The fourth-order valence-corrected chi connectivity index (χ4v) is 3.70. The normalized spacial score (nSPS) is 10.8. The molecule has 3 aromatic rings. The van der Waals surface area contributed by atoms with Gasteiger partial charge >= 0.3 is 0 Å². The molecule has 1 amide bonds. The third-order valence-electron chi connectivity index (χ3n) is 3.83. The van der Waals surface area contributed by atoms with Crippen LogP contribution in [0.1, 0.15) is 12.7 Å². The molecule has 1 aromatic heterocycles. The quantitative estimate of drug-likeness (QED) is 0.434. The monoisotopic (exact) mass is 498 g/mol. The number of nitrogens with one attached hydrogen (secondary N) is 1. The van der Waals surface area contributed by atoms with Gasteiger partial charge in [-0.05, 0) is 49.4 Å². The molecule has 0 unspecified atom stereocenters. The molecule has 0 spiro atoms. The molecule has 0 saturated carbocycles. The van der Waals surface area contributed by atoms with Crippen LogP contribution >= 0.6 is 39.3 Å². The summed E-state index contributed by atoms with van der Waals surface area (Å²) in [5, 5.41) is 11.6. The third-order valence-corrected chi connectivity index (χ3v) is 5.61. The van der Waals surface area contributed by atoms with Crippen LogP contribution in [0.4, 0.5) is 10.1 Å². The number of anilines is 1. The van der Waals surface area contributed by atoms with Gasteiger partial charge in [-0.2, -0.15) is 0 Å². The first-order valence-corrected chi connectivity index (χ1v) is 10.8. The molecule has 29 heavy (non-hydrogen) atoms. The van der Waals surface area contributed by atoms with Crippen molar-refractivity contribution in [1.29, 1.82) is 0 Å². The van der Waals surface area contributed by atoms with E-state index in [1.54, 1.807) is 0 Å². The molecule has 0 atom stereocenters. The van der Waals surface area contributed by atoms with E-state index in [0.29, 0.717) is 23.2 Å². The number of rotatable bonds is 8. The number of hydrogen-bond donors (Lipinski definition) is 1. The van der Waals surface area contributed by atoms with E-state index < -0.39 is 5.82 Å². The summed E-state index contributed by atoms with van der Waals surface area (Å²) in [5.74, 6) is 0.735. The molecule has 0 saturated heterocycles. The highest BCUT2D eigenvalue weighted by Gasteiger charge is 2.14. The summed E-state index contributed by atoms with van der Waals surface area (Å²) in [7, 11) is 0. The highest BCUT2D eigenvalue weighted by molar-refractivity contribution is 9.10. The molecule has 0 aliphatic rings. The molecule has 0 bridgehead atoms. The molecular formula is C19H17BrClFN4O2S. The molecule has 1 heterocycles. The molecule has 152 valence electrons. The Balaban J connectivity index is 1.57. The third kappa shape index (κ3) is 5.94. The summed E-state index contributed by atoms with van der Waals surface area (Å²) in [6.45, 7) is 2.88. The van der Waals surface area contributed by atoms with Crippen LogP contribution in [-0.4, -0.2) is 26.4 Å². The lowest BCUT2D eigenvalue weighted by atomic mass is 10.3. The number of hydrogen-bond acceptors (Lipinski definition) is 5. The number of ether oxygens (including phenoxy) is 1. The van der Waals surface area contributed by atoms with Gasteiger partial charge in [-0.25, -0.2) is 4.39 Å². The van der Waals surface area contributed by atoms with Crippen molar-refractivity contribution in [1.82, 2.24) is 14.8 Å². The van der Waals surface area contributed by atoms with Gasteiger partial charge in [-0.3, -0.25) is 4.79 Å². The predicted molar refractivity (Wildman–Crippen MR) is 115 cm³/mol. The van der Waals surface area contributed by atoms with Crippen LogP contribution in [0, 0.1) is 5.82 Å². The number of aromatic nitrogens is 3. The van der Waals surface area contributed by atoms with Gasteiger partial charge in [0.05, 0.1) is 10.8 Å². The lowest BCUT2D eigenvalue weighted by molar-refractivity contribution is -0.113. The van der Waals surface area contributed by atoms with Crippen molar-refractivity contribution in [3.05, 3.63) is 63.6 Å². The number of nitrogens with zero attached hydrogens (tertiary/aromatic N) is 3. The van der Waals surface area contributed by atoms with Crippen LogP contribution in [0.25, 0.3) is 0 Å². The summed E-state index contributed by atoms with van der Waals surface area (Å²) < 4.78 is 21.8. The summed E-state index contributed by atoms with van der Waals surface area (Å²) >= 11 is 10.4. The van der Waals surface area contributed by atoms with Crippen LogP contribution in [0.5, 0.6) is 5.75 Å². The first-order valence-electron chi connectivity index (χ1n) is 8.64. The number of benzene rings is 2. The lowest BCUT2D eigenvalue weighted by Crippen LogP contribution is -2.15. The van der Waals surface area contributed by atoms with Crippen molar-refractivity contribution in [3.63, 3.8) is 0 Å². The first kappa shape index (κ1) is 21.6. The van der Waals surface area contributed by atoms with E-state index in [9.17, 15) is 9.18 Å². The molecular weight excluding hydrogens is 483 g/mol. The SMILES string of the molecule is CCn1c(COc2ccc(Br)cc2)nnc1SCC(=O)Nc1ccc(F)c(Cl)c1. The minimum atomic E-state index is -0.534. The van der Waals surface area contributed by atoms with E-state index in [2.05, 4.69) is 31.4 Å². The molecule has 0 fully saturated rings. The Morgan fingerprint density at radius 1 is 1.28 bits per heavy atom. The molecule has 2 aromatic carbocycles. The van der Waals surface area contributed by atoms with E-state index in [0.717, 1.165) is 10.2 Å². The van der Waals surface area contributed by atoms with Gasteiger partial charge in [0.2, 0.25) is 5.91 Å². The maximum absolute atomic E-state index is 13.2. The zero-order valence-corrected chi connectivity index (χ0v) is 18.5. The fourth-order valence-electron chi connectivity index (χ4n) is 2.43. The maximum atomic E-state index is 13.2. The molecule has 1 N–H and O–H groups in total. The highest BCUT2D eigenvalue weighted by Crippen LogP contribution is 2.22. The topological polar surface area (TPSA) is 69.0 Å². The van der Waals surface area contributed by atoms with Crippen LogP contribution < -0.4 is 10.1 Å². The van der Waals surface area contributed by atoms with E-state index in [-0.39, 0.29) is 23.3 Å². The average molecular weight is 500 g/mol. The predicted octanol–water partition coefficient (Wildman–Crippen LogP) is 5.16. The highest BCUT2D eigenvalue weighted by atomic mass is 79.9. The van der Waals surface area contributed by atoms with Crippen molar-refractivity contribution in [2.75, 3.05) is 11.1 Å². The zero-order valence-electron chi connectivity index (χ0n) is 15.4. The maximum Gasteiger partial charge on any atom is 0.234 e. The Bertz CT molecular complexity index is 1000. The summed E-state index contributed by atoms with van der Waals surface area (Å²) in [4.78, 5) is 12.2. The van der Waals surface area contributed by atoms with Gasteiger partial charge in [0.1, 0.15) is 18.2 Å². The number of carbonyl (C=O) groups excluding carboxylic acids is 1. The number of amides is 1. The molecule has 10 heteroatoms. The van der Waals surface area contributed by atoms with Gasteiger partial charge in [0.25, 0.3) is 0 Å². The van der Waals surface area contributed by atoms with Gasteiger partial charge in [0.15, 0.2) is 11.0 Å². The van der Waals surface area contributed by atoms with Crippen molar-refractivity contribution < 1.29 is 13.9 Å². The fraction of sp³-hybridized carbons (Fsp3) is 0.211. The molecule has 0 aliphatic heterocycles. The molecule has 6 nitrogen and oxygen atoms in total. The van der Waals surface area contributed by atoms with Crippen LogP contribution in [0.2, 0.25) is 5.02 Å². The van der Waals surface area contributed by atoms with E-state index >= 15 is 0 Å². The van der Waals surface area contributed by atoms with E-state index in [4.69, 9.17) is 16.3 Å². The second-order valence-electron chi connectivity index (χ2n) is 5.85. The van der Waals surface area contributed by atoms with Crippen LogP contribution in [0.3, 0.4) is 0 Å². The smallest absolute Gasteiger partial charge is 0.234 e. The van der Waals surface area contributed by atoms with Crippen molar-refractivity contribution >= 4 is 50.9 Å². The number of thioether (sulfide) groups is 1. The van der Waals surface area contributed by atoms with E-state index in [1.807, 2.05) is 35.8 Å². The minimum Gasteiger partial charge on any atom is -0.486 e. The van der Waals surface area contributed by atoms with E-state index in [1.165, 1.54) is 30.0 Å². The lowest BCUT2D eigenvalue weighted by Gasteiger charge is -2.09. The second kappa shape index (κ2) is 10.1. The summed E-state index contributed by atoms with van der Waals surface area (Å²) in [5.41, 5.74) is 0.433. The van der Waals surface area contributed by atoms with Crippen molar-refractivity contribution in [2.45, 2.75) is 25.2 Å².